The van der Waals surface area contributed by atoms with Crippen molar-refractivity contribution in [1.29, 1.82) is 0 Å². The van der Waals surface area contributed by atoms with E-state index in [1.807, 2.05) is 13.8 Å². The summed E-state index contributed by atoms with van der Waals surface area (Å²) in [5.41, 5.74) is 1.41. The molecule has 3 N–H and O–H groups in total. The predicted octanol–water partition coefficient (Wildman–Crippen LogP) is 3.91. The molecular formula is C33H39N5O9. The van der Waals surface area contributed by atoms with Gasteiger partial charge < -0.3 is 25.4 Å². The number of nitroso groups, excluding NO2 is 1. The van der Waals surface area contributed by atoms with E-state index in [-0.39, 0.29) is 79.3 Å². The van der Waals surface area contributed by atoms with Crippen molar-refractivity contribution in [3.05, 3.63) is 71.2 Å². The van der Waals surface area contributed by atoms with E-state index < -0.39 is 12.2 Å². The van der Waals surface area contributed by atoms with Gasteiger partial charge in [0.15, 0.2) is 5.78 Å². The number of anilines is 1. The van der Waals surface area contributed by atoms with Gasteiger partial charge in [0, 0.05) is 43.8 Å². The van der Waals surface area contributed by atoms with Crippen LogP contribution in [0.5, 0.6) is 5.75 Å². The molecule has 0 saturated heterocycles. The fraction of sp³-hybridized carbons (Fsp3) is 0.394. The number of carbonyl (C=O) groups is 6. The molecule has 3 rings (SSSR count). The zero-order valence-electron chi connectivity index (χ0n) is 26.4. The first-order valence-electron chi connectivity index (χ1n) is 15.3. The van der Waals surface area contributed by atoms with Gasteiger partial charge in [0.05, 0.1) is 12.6 Å². The molecule has 1 aliphatic rings. The van der Waals surface area contributed by atoms with E-state index in [0.29, 0.717) is 37.1 Å². The van der Waals surface area contributed by atoms with Crippen LogP contribution in [0.15, 0.2) is 65.9 Å². The molecule has 0 bridgehead atoms. The lowest BCUT2D eigenvalue weighted by Gasteiger charge is -2.21. The summed E-state index contributed by atoms with van der Waals surface area (Å²) < 4.78 is 10.1. The Labute approximate surface area is 272 Å². The number of nitrogens with one attached hydrogen (secondary N) is 3. The normalized spacial score (nSPS) is 13.0. The third-order valence-corrected chi connectivity index (χ3v) is 7.08. The highest BCUT2D eigenvalue weighted by atomic mass is 16.7. The van der Waals surface area contributed by atoms with Gasteiger partial charge in [-0.1, -0.05) is 32.4 Å². The lowest BCUT2D eigenvalue weighted by Crippen LogP contribution is -2.47. The molecule has 1 heterocycles. The number of rotatable bonds is 19. The monoisotopic (exact) mass is 649 g/mol. The van der Waals surface area contributed by atoms with Gasteiger partial charge in [-0.3, -0.25) is 28.9 Å². The maximum absolute atomic E-state index is 12.8. The van der Waals surface area contributed by atoms with Crippen molar-refractivity contribution in [3.63, 3.8) is 0 Å². The van der Waals surface area contributed by atoms with Crippen molar-refractivity contribution in [2.75, 3.05) is 25.0 Å². The van der Waals surface area contributed by atoms with Crippen molar-refractivity contribution in [3.8, 4) is 5.75 Å². The Kier molecular flexibility index (Phi) is 14.4. The van der Waals surface area contributed by atoms with E-state index in [9.17, 15) is 33.7 Å². The second kappa shape index (κ2) is 18.7. The van der Waals surface area contributed by atoms with Crippen molar-refractivity contribution < 1.29 is 38.2 Å². The van der Waals surface area contributed by atoms with Crippen LogP contribution in [0.25, 0.3) is 0 Å². The Morgan fingerprint density at radius 3 is 2.17 bits per heavy atom. The molecule has 0 fully saturated rings. The van der Waals surface area contributed by atoms with Crippen LogP contribution in [0, 0.1) is 10.8 Å². The van der Waals surface area contributed by atoms with Gasteiger partial charge in [0.2, 0.25) is 11.8 Å². The average Bonchev–Trinajstić information content (AvgIpc) is 3.37. The van der Waals surface area contributed by atoms with Crippen molar-refractivity contribution in [2.24, 2.45) is 11.1 Å². The molecule has 4 amide bonds. The Morgan fingerprint density at radius 1 is 0.851 bits per heavy atom. The first kappa shape index (κ1) is 36.2. The van der Waals surface area contributed by atoms with E-state index in [2.05, 4.69) is 21.1 Å². The lowest BCUT2D eigenvalue weighted by atomic mass is 9.99. The van der Waals surface area contributed by atoms with Gasteiger partial charge in [-0.2, -0.15) is 0 Å². The highest BCUT2D eigenvalue weighted by molar-refractivity contribution is 6.12. The summed E-state index contributed by atoms with van der Waals surface area (Å²) in [7, 11) is 0. The molecular weight excluding hydrogens is 610 g/mol. The average molecular weight is 650 g/mol. The summed E-state index contributed by atoms with van der Waals surface area (Å²) in [6.45, 7) is 4.17. The number of ketones is 1. The van der Waals surface area contributed by atoms with E-state index in [1.165, 1.54) is 41.3 Å². The Hall–Kier alpha value is -5.24. The van der Waals surface area contributed by atoms with E-state index in [4.69, 9.17) is 9.47 Å². The Morgan fingerprint density at radius 2 is 1.53 bits per heavy atom. The number of amides is 4. The van der Waals surface area contributed by atoms with Crippen molar-refractivity contribution in [1.82, 2.24) is 15.5 Å². The first-order chi connectivity index (χ1) is 22.5. The van der Waals surface area contributed by atoms with Crippen LogP contribution in [0.2, 0.25) is 0 Å². The first-order valence-corrected chi connectivity index (χ1v) is 15.3. The van der Waals surface area contributed by atoms with Crippen LogP contribution in [0.3, 0.4) is 0 Å². The molecule has 0 saturated carbocycles. The van der Waals surface area contributed by atoms with Gasteiger partial charge in [-0.25, -0.2) is 4.79 Å². The predicted molar refractivity (Wildman–Crippen MR) is 171 cm³/mol. The standard InChI is InChI=1S/C33H39N5O9/c1-22(2)32(36-28(40)6-4-3-5-19-38-30(42)15-16-31(38)43)27(39)20-34-18-17-29(41)35-24-9-7-23(8-10-24)21-46-33(44)47-26-13-11-25(37-45)12-14-26/h7-16,22,32,34H,3-6,17-21H2,1-2H3,(H,35,41)(H,36,40)/t32-/m0/s1. The van der Waals surface area contributed by atoms with Crippen molar-refractivity contribution >= 4 is 46.9 Å². The number of benzene rings is 2. The molecule has 14 heteroatoms. The number of hydrogen-bond acceptors (Lipinski definition) is 11. The number of ether oxygens (including phenoxy) is 2. The maximum Gasteiger partial charge on any atom is 0.514 e. The molecule has 0 aliphatic carbocycles. The van der Waals surface area contributed by atoms with Gasteiger partial charge in [0.25, 0.3) is 11.8 Å². The number of carbonyl (C=O) groups excluding carboxylic acids is 6. The van der Waals surface area contributed by atoms with Gasteiger partial charge in [0.1, 0.15) is 18.0 Å². The summed E-state index contributed by atoms with van der Waals surface area (Å²) in [4.78, 5) is 84.3. The molecule has 1 aliphatic heterocycles. The Bertz CT molecular complexity index is 1440. The second-order valence-electron chi connectivity index (χ2n) is 11.1. The molecule has 14 nitrogen and oxygen atoms in total. The summed E-state index contributed by atoms with van der Waals surface area (Å²) in [6.07, 6.45) is 3.71. The number of unbranched alkanes of at least 4 members (excludes halogenated alkanes) is 2. The fourth-order valence-corrected chi connectivity index (χ4v) is 4.52. The molecule has 0 aromatic heterocycles. The van der Waals surface area contributed by atoms with Gasteiger partial charge >= 0.3 is 6.16 Å². The third kappa shape index (κ3) is 12.6. The molecule has 2 aromatic rings. The topological polar surface area (TPSA) is 190 Å². The zero-order valence-corrected chi connectivity index (χ0v) is 26.4. The maximum atomic E-state index is 12.8. The van der Waals surface area contributed by atoms with Crippen LogP contribution in [-0.4, -0.2) is 66.1 Å². The number of Topliss-reactive ketones (excluding diaryl/α,β-unsaturated/α-hetero) is 1. The second-order valence-corrected chi connectivity index (χ2v) is 11.1. The van der Waals surface area contributed by atoms with Gasteiger partial charge in [-0.15, -0.1) is 4.91 Å². The summed E-state index contributed by atoms with van der Waals surface area (Å²) in [6, 6.07) is 11.7. The largest absolute Gasteiger partial charge is 0.514 e. The van der Waals surface area contributed by atoms with Crippen molar-refractivity contribution in [2.45, 2.75) is 58.6 Å². The molecule has 0 radical (unpaired) electrons. The van der Waals surface area contributed by atoms with Crippen LogP contribution >= 0.6 is 0 Å². The fourth-order valence-electron chi connectivity index (χ4n) is 4.52. The summed E-state index contributed by atoms with van der Waals surface area (Å²) >= 11 is 0. The molecule has 47 heavy (non-hydrogen) atoms. The highest BCUT2D eigenvalue weighted by Crippen LogP contribution is 2.18. The van der Waals surface area contributed by atoms with E-state index >= 15 is 0 Å². The summed E-state index contributed by atoms with van der Waals surface area (Å²) in [5.74, 6) is -1.27. The number of hydrogen-bond donors (Lipinski definition) is 3. The smallest absolute Gasteiger partial charge is 0.429 e. The van der Waals surface area contributed by atoms with E-state index in [1.54, 1.807) is 24.3 Å². The third-order valence-electron chi connectivity index (χ3n) is 7.08. The molecule has 2 aromatic carbocycles. The Balaban J connectivity index is 1.28. The minimum Gasteiger partial charge on any atom is -0.429 e. The molecule has 1 atom stereocenters. The molecule has 0 unspecified atom stereocenters. The number of imide groups is 1. The summed E-state index contributed by atoms with van der Waals surface area (Å²) in [5, 5.41) is 11.3. The van der Waals surface area contributed by atoms with Crippen LogP contribution in [-0.2, 0) is 35.3 Å². The SMILES string of the molecule is CC(C)[C@H](NC(=O)CCCCCN1C(=O)C=CC1=O)C(=O)CNCCC(=O)Nc1ccc(COC(=O)Oc2ccc(N=O)cc2)cc1. The van der Waals surface area contributed by atoms with Crippen LogP contribution < -0.4 is 20.7 Å². The van der Waals surface area contributed by atoms with E-state index in [0.717, 1.165) is 0 Å². The highest BCUT2D eigenvalue weighted by Gasteiger charge is 2.24. The quantitative estimate of drug-likeness (QED) is 0.0661. The number of nitrogens with zero attached hydrogens (tertiary/aromatic N) is 2. The lowest BCUT2D eigenvalue weighted by molar-refractivity contribution is -0.137. The molecule has 0 spiro atoms. The van der Waals surface area contributed by atoms with Crippen LogP contribution in [0.1, 0.15) is 51.5 Å². The minimum absolute atomic E-state index is 0.0132. The van der Waals surface area contributed by atoms with Gasteiger partial charge in [-0.05, 0) is 65.9 Å². The van der Waals surface area contributed by atoms with Crippen LogP contribution in [0.4, 0.5) is 16.2 Å². The molecule has 250 valence electrons. The minimum atomic E-state index is -0.917. The zero-order chi connectivity index (χ0) is 34.2.